The minimum absolute atomic E-state index is 0.180. The van der Waals surface area contributed by atoms with Gasteiger partial charge < -0.3 is 19.7 Å². The lowest BCUT2D eigenvalue weighted by molar-refractivity contribution is -0.150. The van der Waals surface area contributed by atoms with E-state index in [0.717, 1.165) is 0 Å². The number of carbonyl (C=O) groups excluding carboxylic acids is 1. The monoisotopic (exact) mass is 266 g/mol. The van der Waals surface area contributed by atoms with E-state index in [4.69, 9.17) is 9.84 Å². The molecule has 0 aliphatic carbocycles. The van der Waals surface area contributed by atoms with Gasteiger partial charge in [-0.05, 0) is 18.9 Å². The van der Waals surface area contributed by atoms with Crippen LogP contribution in [0.3, 0.4) is 0 Å². The Labute approximate surface area is 108 Å². The third-order valence-corrected chi connectivity index (χ3v) is 2.94. The number of pyridine rings is 1. The Morgan fingerprint density at radius 2 is 2.05 bits per heavy atom. The zero-order chi connectivity index (χ0) is 14.0. The van der Waals surface area contributed by atoms with E-state index >= 15 is 0 Å². The Bertz CT molecular complexity index is 565. The van der Waals surface area contributed by atoms with Gasteiger partial charge in [0.1, 0.15) is 6.10 Å². The molecule has 1 aliphatic rings. The van der Waals surface area contributed by atoms with Gasteiger partial charge in [-0.25, -0.2) is 4.79 Å². The summed E-state index contributed by atoms with van der Waals surface area (Å²) in [7, 11) is 1.57. The number of hydrogen-bond acceptors (Lipinski definition) is 4. The van der Waals surface area contributed by atoms with Crippen molar-refractivity contribution >= 4 is 17.6 Å². The molecule has 2 rings (SSSR count). The van der Waals surface area contributed by atoms with Gasteiger partial charge in [-0.3, -0.25) is 9.59 Å². The number of amides is 1. The Hall–Kier alpha value is -2.15. The molecule has 0 spiro atoms. The van der Waals surface area contributed by atoms with Crippen molar-refractivity contribution in [3.05, 3.63) is 28.7 Å². The molecule has 2 atom stereocenters. The van der Waals surface area contributed by atoms with Crippen molar-refractivity contribution in [1.82, 2.24) is 4.57 Å². The van der Waals surface area contributed by atoms with Crippen molar-refractivity contribution in [2.75, 3.05) is 5.32 Å². The molecule has 7 nitrogen and oxygen atoms in total. The molecule has 0 aromatic carbocycles. The molecule has 2 N–H and O–H groups in total. The molecule has 7 heteroatoms. The van der Waals surface area contributed by atoms with E-state index in [2.05, 4.69) is 5.32 Å². The SMILES string of the molecule is Cn1cc(NC(=O)[C@@H]2CC[C@H](C(=O)O)O2)ccc1=O. The normalized spacial score (nSPS) is 22.2. The molecule has 1 aromatic rings. The van der Waals surface area contributed by atoms with E-state index in [1.165, 1.54) is 22.9 Å². The Morgan fingerprint density at radius 1 is 1.37 bits per heavy atom. The smallest absolute Gasteiger partial charge is 0.332 e. The minimum Gasteiger partial charge on any atom is -0.479 e. The predicted octanol–water partition coefficient (Wildman–Crippen LogP) is -0.0440. The number of aromatic nitrogens is 1. The molecule has 102 valence electrons. The van der Waals surface area contributed by atoms with Crippen molar-refractivity contribution < 1.29 is 19.4 Å². The number of nitrogens with one attached hydrogen (secondary N) is 1. The summed E-state index contributed by atoms with van der Waals surface area (Å²) in [5.74, 6) is -1.46. The first-order chi connectivity index (χ1) is 8.97. The standard InChI is InChI=1S/C12H14N2O5/c1-14-6-7(2-5-10(14)15)13-11(16)8-3-4-9(19-8)12(17)18/h2,5-6,8-9H,3-4H2,1H3,(H,13,16)(H,17,18)/t8-,9+/m0/s1. The molecule has 19 heavy (non-hydrogen) atoms. The molecule has 0 unspecified atom stereocenters. The largest absolute Gasteiger partial charge is 0.479 e. The highest BCUT2D eigenvalue weighted by atomic mass is 16.5. The number of aryl methyl sites for hydroxylation is 1. The van der Waals surface area contributed by atoms with Gasteiger partial charge in [0.25, 0.3) is 5.91 Å². The molecule has 2 heterocycles. The fourth-order valence-electron chi connectivity index (χ4n) is 1.90. The molecule has 1 saturated heterocycles. The number of hydrogen-bond donors (Lipinski definition) is 2. The van der Waals surface area contributed by atoms with E-state index in [1.807, 2.05) is 0 Å². The third-order valence-electron chi connectivity index (χ3n) is 2.94. The van der Waals surface area contributed by atoms with Crippen molar-refractivity contribution in [3.63, 3.8) is 0 Å². The zero-order valence-electron chi connectivity index (χ0n) is 10.3. The fraction of sp³-hybridized carbons (Fsp3) is 0.417. The molecule has 0 bridgehead atoms. The van der Waals surface area contributed by atoms with Gasteiger partial charge in [0, 0.05) is 19.3 Å². The first-order valence-corrected chi connectivity index (χ1v) is 5.83. The summed E-state index contributed by atoms with van der Waals surface area (Å²) in [5, 5.41) is 11.4. The van der Waals surface area contributed by atoms with E-state index in [-0.39, 0.29) is 5.56 Å². The average molecular weight is 266 g/mol. The summed E-state index contributed by atoms with van der Waals surface area (Å²) in [6.07, 6.45) is 0.494. The maximum absolute atomic E-state index is 11.9. The van der Waals surface area contributed by atoms with Gasteiger partial charge in [0.15, 0.2) is 6.10 Å². The molecule has 1 aromatic heterocycles. The molecule has 0 saturated carbocycles. The molecular weight excluding hydrogens is 252 g/mol. The third kappa shape index (κ3) is 3.00. The number of aliphatic carboxylic acids is 1. The van der Waals surface area contributed by atoms with Crippen LogP contribution in [0.5, 0.6) is 0 Å². The zero-order valence-corrected chi connectivity index (χ0v) is 10.3. The summed E-state index contributed by atoms with van der Waals surface area (Å²) >= 11 is 0. The molecular formula is C12H14N2O5. The van der Waals surface area contributed by atoms with Crippen LogP contribution in [0.4, 0.5) is 5.69 Å². The van der Waals surface area contributed by atoms with Gasteiger partial charge in [-0.2, -0.15) is 0 Å². The van der Waals surface area contributed by atoms with Gasteiger partial charge in [-0.1, -0.05) is 0 Å². The molecule has 1 aliphatic heterocycles. The first-order valence-electron chi connectivity index (χ1n) is 5.83. The quantitative estimate of drug-likeness (QED) is 0.799. The lowest BCUT2D eigenvalue weighted by Crippen LogP contribution is -2.30. The van der Waals surface area contributed by atoms with Gasteiger partial charge in [0.05, 0.1) is 5.69 Å². The summed E-state index contributed by atoms with van der Waals surface area (Å²) in [5.41, 5.74) is 0.288. The number of anilines is 1. The molecule has 1 fully saturated rings. The highest BCUT2D eigenvalue weighted by Crippen LogP contribution is 2.21. The number of carboxylic acid groups (broad SMARTS) is 1. The van der Waals surface area contributed by atoms with Crippen LogP contribution in [0.2, 0.25) is 0 Å². The van der Waals surface area contributed by atoms with Crippen molar-refractivity contribution in [1.29, 1.82) is 0 Å². The first kappa shape index (κ1) is 13.3. The maximum atomic E-state index is 11.9. The number of ether oxygens (including phenoxy) is 1. The number of nitrogens with zero attached hydrogens (tertiary/aromatic N) is 1. The fourth-order valence-corrected chi connectivity index (χ4v) is 1.90. The highest BCUT2D eigenvalue weighted by Gasteiger charge is 2.34. The van der Waals surface area contributed by atoms with Crippen molar-refractivity contribution in [2.24, 2.45) is 7.05 Å². The average Bonchev–Trinajstić information content (AvgIpc) is 2.83. The second kappa shape index (κ2) is 5.23. The van der Waals surface area contributed by atoms with Crippen LogP contribution in [0.1, 0.15) is 12.8 Å². The number of carbonyl (C=O) groups is 2. The second-order valence-corrected chi connectivity index (χ2v) is 4.39. The lowest BCUT2D eigenvalue weighted by atomic mass is 10.2. The Morgan fingerprint density at radius 3 is 2.63 bits per heavy atom. The highest BCUT2D eigenvalue weighted by molar-refractivity contribution is 5.94. The van der Waals surface area contributed by atoms with Crippen LogP contribution in [0.15, 0.2) is 23.1 Å². The summed E-state index contributed by atoms with van der Waals surface area (Å²) in [6.45, 7) is 0. The summed E-state index contributed by atoms with van der Waals surface area (Å²) in [4.78, 5) is 33.8. The Balaban J connectivity index is 2.00. The van der Waals surface area contributed by atoms with Crippen LogP contribution in [-0.2, 0) is 21.4 Å². The van der Waals surface area contributed by atoms with Crippen LogP contribution in [0, 0.1) is 0 Å². The van der Waals surface area contributed by atoms with Crippen LogP contribution >= 0.6 is 0 Å². The van der Waals surface area contributed by atoms with Gasteiger partial charge >= 0.3 is 5.97 Å². The van der Waals surface area contributed by atoms with Crippen LogP contribution in [-0.4, -0.2) is 33.8 Å². The maximum Gasteiger partial charge on any atom is 0.332 e. The van der Waals surface area contributed by atoms with E-state index in [9.17, 15) is 14.4 Å². The number of carboxylic acids is 1. The van der Waals surface area contributed by atoms with E-state index in [1.54, 1.807) is 7.05 Å². The summed E-state index contributed by atoms with van der Waals surface area (Å²) < 4.78 is 6.47. The van der Waals surface area contributed by atoms with Crippen LogP contribution < -0.4 is 10.9 Å². The second-order valence-electron chi connectivity index (χ2n) is 4.39. The Kier molecular flexibility index (Phi) is 3.66. The molecule has 1 amide bonds. The molecule has 0 radical (unpaired) electrons. The number of rotatable bonds is 3. The van der Waals surface area contributed by atoms with Crippen molar-refractivity contribution in [3.8, 4) is 0 Å². The van der Waals surface area contributed by atoms with Gasteiger partial charge in [-0.15, -0.1) is 0 Å². The predicted molar refractivity (Wildman–Crippen MR) is 65.8 cm³/mol. The van der Waals surface area contributed by atoms with E-state index in [0.29, 0.717) is 18.5 Å². The topological polar surface area (TPSA) is 97.6 Å². The summed E-state index contributed by atoms with van der Waals surface area (Å²) in [6, 6.07) is 2.83. The van der Waals surface area contributed by atoms with Crippen molar-refractivity contribution in [2.45, 2.75) is 25.0 Å². The minimum atomic E-state index is -1.06. The van der Waals surface area contributed by atoms with E-state index < -0.39 is 24.1 Å². The lowest BCUT2D eigenvalue weighted by Gasteiger charge is -2.12. The van der Waals surface area contributed by atoms with Gasteiger partial charge in [0.2, 0.25) is 5.56 Å². The van der Waals surface area contributed by atoms with Crippen LogP contribution in [0.25, 0.3) is 0 Å².